The second-order valence-corrected chi connectivity index (χ2v) is 5.56. The topological polar surface area (TPSA) is 21.3 Å². The Morgan fingerprint density at radius 2 is 2.50 bits per heavy atom. The van der Waals surface area contributed by atoms with Crippen LogP contribution in [0.25, 0.3) is 0 Å². The molecule has 0 spiro atoms. The summed E-state index contributed by atoms with van der Waals surface area (Å²) in [7, 11) is 0. The van der Waals surface area contributed by atoms with Gasteiger partial charge in [-0.3, -0.25) is 0 Å². The van der Waals surface area contributed by atoms with E-state index in [0.717, 1.165) is 26.2 Å². The third-order valence-corrected chi connectivity index (χ3v) is 4.45. The molecule has 1 aromatic rings. The van der Waals surface area contributed by atoms with E-state index in [0.29, 0.717) is 0 Å². The van der Waals surface area contributed by atoms with Gasteiger partial charge in [0.15, 0.2) is 0 Å². The van der Waals surface area contributed by atoms with Crippen molar-refractivity contribution in [3.05, 3.63) is 20.8 Å². The molecular formula is C10H14BrNOS. The zero-order chi connectivity index (χ0) is 10.0. The van der Waals surface area contributed by atoms with Crippen molar-refractivity contribution in [2.45, 2.75) is 25.4 Å². The molecule has 1 N–H and O–H groups in total. The number of halogens is 1. The zero-order valence-corrected chi connectivity index (χ0v) is 10.6. The molecule has 1 aliphatic heterocycles. The highest BCUT2D eigenvalue weighted by atomic mass is 79.9. The van der Waals surface area contributed by atoms with Crippen LogP contribution in [0.5, 0.6) is 0 Å². The fraction of sp³-hybridized carbons (Fsp3) is 0.600. The molecule has 0 amide bonds. The second kappa shape index (κ2) is 4.31. The summed E-state index contributed by atoms with van der Waals surface area (Å²) in [6, 6.07) is 0. The summed E-state index contributed by atoms with van der Waals surface area (Å²) in [5.74, 6) is 0. The van der Waals surface area contributed by atoms with Crippen LogP contribution in [0.15, 0.2) is 15.2 Å². The summed E-state index contributed by atoms with van der Waals surface area (Å²) in [5.41, 5.74) is 1.50. The monoisotopic (exact) mass is 275 g/mol. The molecule has 78 valence electrons. The van der Waals surface area contributed by atoms with E-state index in [9.17, 15) is 0 Å². The van der Waals surface area contributed by atoms with Gasteiger partial charge in [-0.2, -0.15) is 11.3 Å². The third kappa shape index (κ3) is 2.37. The van der Waals surface area contributed by atoms with Crippen LogP contribution in [-0.4, -0.2) is 18.8 Å². The van der Waals surface area contributed by atoms with E-state index in [1.165, 1.54) is 10.0 Å². The van der Waals surface area contributed by atoms with E-state index in [1.807, 2.05) is 0 Å². The number of hydrogen-bond acceptors (Lipinski definition) is 3. The molecule has 1 atom stereocenters. The zero-order valence-electron chi connectivity index (χ0n) is 8.18. The summed E-state index contributed by atoms with van der Waals surface area (Å²) in [4.78, 5) is 0. The van der Waals surface area contributed by atoms with Crippen molar-refractivity contribution in [2.75, 3.05) is 13.2 Å². The molecule has 1 aliphatic rings. The summed E-state index contributed by atoms with van der Waals surface area (Å²) >= 11 is 5.26. The van der Waals surface area contributed by atoms with Crippen LogP contribution in [0.4, 0.5) is 0 Å². The van der Waals surface area contributed by atoms with Crippen molar-refractivity contribution >= 4 is 27.3 Å². The lowest BCUT2D eigenvalue weighted by Crippen LogP contribution is -2.42. The molecule has 0 saturated carbocycles. The first kappa shape index (κ1) is 10.6. The van der Waals surface area contributed by atoms with E-state index in [1.54, 1.807) is 11.3 Å². The van der Waals surface area contributed by atoms with Gasteiger partial charge in [-0.25, -0.2) is 0 Å². The minimum atomic E-state index is 0.168. The SMILES string of the molecule is CC1(NCc2cscc2Br)CCOC1. The van der Waals surface area contributed by atoms with Gasteiger partial charge in [0.05, 0.1) is 6.61 Å². The van der Waals surface area contributed by atoms with Crippen LogP contribution >= 0.6 is 27.3 Å². The van der Waals surface area contributed by atoms with Crippen molar-refractivity contribution in [1.29, 1.82) is 0 Å². The Kier molecular flexibility index (Phi) is 3.27. The Bertz CT molecular complexity index is 307. The minimum absolute atomic E-state index is 0.168. The smallest absolute Gasteiger partial charge is 0.0646 e. The molecule has 0 aromatic carbocycles. The van der Waals surface area contributed by atoms with Gasteiger partial charge in [0.25, 0.3) is 0 Å². The third-order valence-electron chi connectivity index (χ3n) is 2.61. The van der Waals surface area contributed by atoms with Crippen LogP contribution in [0.1, 0.15) is 18.9 Å². The Hall–Kier alpha value is 0.1000. The highest BCUT2D eigenvalue weighted by Crippen LogP contribution is 2.23. The van der Waals surface area contributed by atoms with Gasteiger partial charge in [-0.1, -0.05) is 0 Å². The summed E-state index contributed by atoms with van der Waals surface area (Å²) < 4.78 is 6.59. The molecular weight excluding hydrogens is 262 g/mol. The molecule has 0 radical (unpaired) electrons. The van der Waals surface area contributed by atoms with Crippen LogP contribution < -0.4 is 5.32 Å². The largest absolute Gasteiger partial charge is 0.379 e. The van der Waals surface area contributed by atoms with Gasteiger partial charge < -0.3 is 10.1 Å². The fourth-order valence-electron chi connectivity index (χ4n) is 1.55. The lowest BCUT2D eigenvalue weighted by atomic mass is 10.0. The van der Waals surface area contributed by atoms with Crippen LogP contribution in [0.3, 0.4) is 0 Å². The maximum atomic E-state index is 5.39. The van der Waals surface area contributed by atoms with Gasteiger partial charge in [0, 0.05) is 28.5 Å². The Labute approximate surface area is 96.8 Å². The Morgan fingerprint density at radius 1 is 1.64 bits per heavy atom. The van der Waals surface area contributed by atoms with E-state index < -0.39 is 0 Å². The molecule has 1 unspecified atom stereocenters. The summed E-state index contributed by atoms with van der Waals surface area (Å²) in [5, 5.41) is 7.85. The molecule has 14 heavy (non-hydrogen) atoms. The lowest BCUT2D eigenvalue weighted by molar-refractivity contribution is 0.171. The maximum Gasteiger partial charge on any atom is 0.0646 e. The summed E-state index contributed by atoms with van der Waals surface area (Å²) in [6.07, 6.45) is 1.11. The highest BCUT2D eigenvalue weighted by Gasteiger charge is 2.28. The Morgan fingerprint density at radius 3 is 3.07 bits per heavy atom. The van der Waals surface area contributed by atoms with E-state index in [-0.39, 0.29) is 5.54 Å². The highest BCUT2D eigenvalue weighted by molar-refractivity contribution is 9.10. The predicted octanol–water partition coefficient (Wildman–Crippen LogP) is 2.78. The number of thiophene rings is 1. The van der Waals surface area contributed by atoms with Crippen molar-refractivity contribution in [2.24, 2.45) is 0 Å². The Balaban J connectivity index is 1.91. The maximum absolute atomic E-state index is 5.39. The first-order valence-electron chi connectivity index (χ1n) is 4.73. The standard InChI is InChI=1S/C10H14BrNOS/c1-10(2-3-13-7-10)12-4-8-5-14-6-9(8)11/h5-6,12H,2-4,7H2,1H3. The number of nitrogens with one attached hydrogen (secondary N) is 1. The second-order valence-electron chi connectivity index (χ2n) is 3.96. The molecule has 2 rings (SSSR count). The lowest BCUT2D eigenvalue weighted by Gasteiger charge is -2.23. The van der Waals surface area contributed by atoms with Crippen molar-refractivity contribution in [3.8, 4) is 0 Å². The van der Waals surface area contributed by atoms with Gasteiger partial charge >= 0.3 is 0 Å². The van der Waals surface area contributed by atoms with Gasteiger partial charge in [-0.15, -0.1) is 0 Å². The van der Waals surface area contributed by atoms with Gasteiger partial charge in [0.1, 0.15) is 0 Å². The van der Waals surface area contributed by atoms with E-state index >= 15 is 0 Å². The van der Waals surface area contributed by atoms with Crippen molar-refractivity contribution < 1.29 is 4.74 Å². The first-order valence-corrected chi connectivity index (χ1v) is 6.47. The molecule has 1 aromatic heterocycles. The van der Waals surface area contributed by atoms with E-state index in [2.05, 4.69) is 38.9 Å². The van der Waals surface area contributed by atoms with E-state index in [4.69, 9.17) is 4.74 Å². The first-order chi connectivity index (χ1) is 6.70. The summed E-state index contributed by atoms with van der Waals surface area (Å²) in [6.45, 7) is 4.85. The van der Waals surface area contributed by atoms with Crippen LogP contribution in [0.2, 0.25) is 0 Å². The van der Waals surface area contributed by atoms with Gasteiger partial charge in [-0.05, 0) is 40.2 Å². The molecule has 1 saturated heterocycles. The van der Waals surface area contributed by atoms with Crippen molar-refractivity contribution in [1.82, 2.24) is 5.32 Å². The molecule has 4 heteroatoms. The fourth-order valence-corrected chi connectivity index (χ4v) is 2.99. The molecule has 0 aliphatic carbocycles. The van der Waals surface area contributed by atoms with Crippen LogP contribution in [-0.2, 0) is 11.3 Å². The molecule has 1 fully saturated rings. The number of ether oxygens (including phenoxy) is 1. The molecule has 0 bridgehead atoms. The molecule has 2 heterocycles. The average Bonchev–Trinajstić information content (AvgIpc) is 2.73. The normalized spacial score (nSPS) is 27.0. The average molecular weight is 276 g/mol. The minimum Gasteiger partial charge on any atom is -0.379 e. The quantitative estimate of drug-likeness (QED) is 0.916. The van der Waals surface area contributed by atoms with Crippen molar-refractivity contribution in [3.63, 3.8) is 0 Å². The number of rotatable bonds is 3. The number of hydrogen-bond donors (Lipinski definition) is 1. The van der Waals surface area contributed by atoms with Gasteiger partial charge in [0.2, 0.25) is 0 Å². The van der Waals surface area contributed by atoms with Crippen LogP contribution in [0, 0.1) is 0 Å². The molecule has 2 nitrogen and oxygen atoms in total. The predicted molar refractivity (Wildman–Crippen MR) is 62.7 cm³/mol.